The summed E-state index contributed by atoms with van der Waals surface area (Å²) in [6.45, 7) is 4.73. The molecule has 1 atom stereocenters. The molecule has 0 bridgehead atoms. The van der Waals surface area contributed by atoms with E-state index in [0.717, 1.165) is 10.9 Å². The number of hydrogen-bond acceptors (Lipinski definition) is 6. The molecule has 0 unspecified atom stereocenters. The summed E-state index contributed by atoms with van der Waals surface area (Å²) in [6.07, 6.45) is 1.15. The number of aromatic nitrogens is 4. The van der Waals surface area contributed by atoms with E-state index in [1.807, 2.05) is 0 Å². The van der Waals surface area contributed by atoms with Crippen LogP contribution in [0.1, 0.15) is 29.9 Å². The summed E-state index contributed by atoms with van der Waals surface area (Å²) >= 11 is 0. The van der Waals surface area contributed by atoms with E-state index in [9.17, 15) is 19.3 Å². The van der Waals surface area contributed by atoms with Crippen molar-refractivity contribution in [2.75, 3.05) is 0 Å². The molecule has 2 heterocycles. The number of nitrogens with one attached hydrogen (secondary N) is 1. The van der Waals surface area contributed by atoms with E-state index in [0.29, 0.717) is 11.4 Å². The number of rotatable bonds is 5. The zero-order chi connectivity index (χ0) is 18.0. The van der Waals surface area contributed by atoms with E-state index in [2.05, 4.69) is 20.7 Å². The first-order chi connectivity index (χ1) is 11.2. The highest BCUT2D eigenvalue weighted by molar-refractivity contribution is 5.84. The second-order valence-electron chi connectivity index (χ2n) is 5.17. The standard InChI is InChI=1S/C13H16FN7O3/c1-7-5-11(21(23)24)18-20(7)9(3)13(22)16-15-6-10-8(2)17-19(4)12(10)14/h5-6,9H,1-4H3,(H,16,22)/b15-6-/t9-/m1/s1. The number of hydrazone groups is 1. The van der Waals surface area contributed by atoms with Crippen LogP contribution in [0, 0.1) is 29.9 Å². The maximum Gasteiger partial charge on any atom is 0.390 e. The number of carbonyl (C=O) groups is 1. The number of nitrogens with zero attached hydrogens (tertiary/aromatic N) is 6. The van der Waals surface area contributed by atoms with Gasteiger partial charge in [0.1, 0.15) is 0 Å². The molecule has 0 saturated heterocycles. The number of aryl methyl sites for hydroxylation is 3. The Bertz CT molecular complexity index is 824. The Kier molecular flexibility index (Phi) is 4.71. The van der Waals surface area contributed by atoms with Crippen LogP contribution < -0.4 is 5.43 Å². The van der Waals surface area contributed by atoms with Crippen LogP contribution in [0.25, 0.3) is 0 Å². The summed E-state index contributed by atoms with van der Waals surface area (Å²) in [7, 11) is 1.45. The van der Waals surface area contributed by atoms with Gasteiger partial charge in [0.25, 0.3) is 5.91 Å². The average Bonchev–Trinajstić information content (AvgIpc) is 3.01. The zero-order valence-electron chi connectivity index (χ0n) is 13.5. The minimum atomic E-state index is -0.823. The van der Waals surface area contributed by atoms with Gasteiger partial charge >= 0.3 is 5.82 Å². The molecule has 24 heavy (non-hydrogen) atoms. The van der Waals surface area contributed by atoms with Crippen LogP contribution in [0.15, 0.2) is 11.2 Å². The van der Waals surface area contributed by atoms with Gasteiger partial charge < -0.3 is 10.1 Å². The Hall–Kier alpha value is -3.11. The Morgan fingerprint density at radius 1 is 1.50 bits per heavy atom. The van der Waals surface area contributed by atoms with E-state index in [1.165, 1.54) is 24.7 Å². The summed E-state index contributed by atoms with van der Waals surface area (Å²) in [4.78, 5) is 22.1. The van der Waals surface area contributed by atoms with E-state index >= 15 is 0 Å². The molecule has 0 fully saturated rings. The van der Waals surface area contributed by atoms with Crippen LogP contribution in [0.4, 0.5) is 10.2 Å². The largest absolute Gasteiger partial charge is 0.390 e. The smallest absolute Gasteiger partial charge is 0.358 e. The predicted molar refractivity (Wildman–Crippen MR) is 82.0 cm³/mol. The Balaban J connectivity index is 2.09. The van der Waals surface area contributed by atoms with Crippen molar-refractivity contribution in [3.63, 3.8) is 0 Å². The normalized spacial score (nSPS) is 12.5. The highest BCUT2D eigenvalue weighted by Crippen LogP contribution is 2.16. The molecule has 0 aliphatic carbocycles. The van der Waals surface area contributed by atoms with Gasteiger partial charge in [0, 0.05) is 7.05 Å². The van der Waals surface area contributed by atoms with Crippen LogP contribution in [0.5, 0.6) is 0 Å². The monoisotopic (exact) mass is 337 g/mol. The Labute approximate surface area is 136 Å². The average molecular weight is 337 g/mol. The summed E-state index contributed by atoms with van der Waals surface area (Å²) in [6, 6.07) is 0.442. The van der Waals surface area contributed by atoms with Crippen molar-refractivity contribution in [2.24, 2.45) is 12.1 Å². The van der Waals surface area contributed by atoms with Gasteiger partial charge in [-0.1, -0.05) is 0 Å². The lowest BCUT2D eigenvalue weighted by Crippen LogP contribution is -2.28. The fourth-order valence-electron chi connectivity index (χ4n) is 2.11. The summed E-state index contributed by atoms with van der Waals surface area (Å²) in [5.41, 5.74) is 3.31. The van der Waals surface area contributed by atoms with Gasteiger partial charge in [-0.25, -0.2) is 10.1 Å². The fourth-order valence-corrected chi connectivity index (χ4v) is 2.11. The SMILES string of the molecule is Cc1nn(C)c(F)c1/C=N\NC(=O)[C@@H](C)n1nc([N+](=O)[O-])cc1C. The van der Waals surface area contributed by atoms with Gasteiger partial charge in [-0.05, 0) is 25.7 Å². The van der Waals surface area contributed by atoms with Gasteiger partial charge in [0.15, 0.2) is 6.04 Å². The van der Waals surface area contributed by atoms with Crippen molar-refractivity contribution in [3.05, 3.63) is 39.1 Å². The first-order valence-electron chi connectivity index (χ1n) is 6.95. The lowest BCUT2D eigenvalue weighted by molar-refractivity contribution is -0.389. The van der Waals surface area contributed by atoms with Crippen LogP contribution >= 0.6 is 0 Å². The number of nitro groups is 1. The lowest BCUT2D eigenvalue weighted by atomic mass is 10.3. The molecule has 0 aromatic carbocycles. The summed E-state index contributed by atoms with van der Waals surface area (Å²) in [5.74, 6) is -1.46. The van der Waals surface area contributed by atoms with Crippen molar-refractivity contribution < 1.29 is 14.1 Å². The van der Waals surface area contributed by atoms with E-state index in [1.54, 1.807) is 13.8 Å². The zero-order valence-corrected chi connectivity index (χ0v) is 13.5. The molecule has 0 aliphatic heterocycles. The molecule has 0 aliphatic rings. The minimum Gasteiger partial charge on any atom is -0.358 e. The van der Waals surface area contributed by atoms with Crippen LogP contribution in [-0.4, -0.2) is 36.6 Å². The molecule has 1 amide bonds. The molecule has 11 heteroatoms. The third kappa shape index (κ3) is 3.29. The molecular weight excluding hydrogens is 321 g/mol. The fraction of sp³-hybridized carbons (Fsp3) is 0.385. The van der Waals surface area contributed by atoms with E-state index in [4.69, 9.17) is 0 Å². The maximum absolute atomic E-state index is 13.7. The maximum atomic E-state index is 13.7. The third-order valence-electron chi connectivity index (χ3n) is 3.41. The van der Waals surface area contributed by atoms with Gasteiger partial charge in [-0.15, -0.1) is 0 Å². The van der Waals surface area contributed by atoms with Gasteiger partial charge in [0.05, 0.1) is 34.3 Å². The third-order valence-corrected chi connectivity index (χ3v) is 3.41. The molecule has 1 N–H and O–H groups in total. The van der Waals surface area contributed by atoms with Gasteiger partial charge in [0.2, 0.25) is 5.95 Å². The van der Waals surface area contributed by atoms with Crippen molar-refractivity contribution >= 4 is 17.9 Å². The Morgan fingerprint density at radius 3 is 2.67 bits per heavy atom. The molecule has 0 spiro atoms. The lowest BCUT2D eigenvalue weighted by Gasteiger charge is -2.08. The van der Waals surface area contributed by atoms with Gasteiger partial charge in [-0.3, -0.25) is 4.79 Å². The number of amides is 1. The molecule has 0 radical (unpaired) electrons. The van der Waals surface area contributed by atoms with Crippen molar-refractivity contribution in [3.8, 4) is 0 Å². The second-order valence-corrected chi connectivity index (χ2v) is 5.17. The molecule has 2 aromatic rings. The predicted octanol–water partition coefficient (Wildman–Crippen LogP) is 0.992. The topological polar surface area (TPSA) is 120 Å². The molecule has 2 rings (SSSR count). The second kappa shape index (κ2) is 6.56. The highest BCUT2D eigenvalue weighted by atomic mass is 19.1. The highest BCUT2D eigenvalue weighted by Gasteiger charge is 2.24. The summed E-state index contributed by atoms with van der Waals surface area (Å²) in [5, 5.41) is 22.1. The molecule has 2 aromatic heterocycles. The van der Waals surface area contributed by atoms with Crippen LogP contribution in [0.2, 0.25) is 0 Å². The summed E-state index contributed by atoms with van der Waals surface area (Å²) < 4.78 is 16.0. The number of halogens is 1. The van der Waals surface area contributed by atoms with Crippen LogP contribution in [-0.2, 0) is 11.8 Å². The molecule has 0 saturated carbocycles. The number of hydrogen-bond donors (Lipinski definition) is 1. The van der Waals surface area contributed by atoms with E-state index < -0.39 is 22.8 Å². The van der Waals surface area contributed by atoms with E-state index in [-0.39, 0.29) is 11.4 Å². The molecular formula is C13H16FN7O3. The first kappa shape index (κ1) is 17.2. The minimum absolute atomic E-state index is 0.163. The van der Waals surface area contributed by atoms with Crippen molar-refractivity contribution in [1.29, 1.82) is 0 Å². The van der Waals surface area contributed by atoms with Gasteiger partial charge in [-0.2, -0.15) is 19.3 Å². The number of carbonyl (C=O) groups excluding carboxylic acids is 1. The van der Waals surface area contributed by atoms with Crippen LogP contribution in [0.3, 0.4) is 0 Å². The van der Waals surface area contributed by atoms with Crippen molar-refractivity contribution in [1.82, 2.24) is 25.0 Å². The Morgan fingerprint density at radius 2 is 2.17 bits per heavy atom. The quantitative estimate of drug-likeness (QED) is 0.495. The molecule has 128 valence electrons. The first-order valence-corrected chi connectivity index (χ1v) is 6.95. The molecule has 10 nitrogen and oxygen atoms in total. The van der Waals surface area contributed by atoms with Crippen molar-refractivity contribution in [2.45, 2.75) is 26.8 Å².